The Labute approximate surface area is 131 Å². The highest BCUT2D eigenvalue weighted by Crippen LogP contribution is 2.21. The summed E-state index contributed by atoms with van der Waals surface area (Å²) in [6, 6.07) is 16.3. The molecule has 0 aliphatic rings. The second-order valence-electron chi connectivity index (χ2n) is 4.94. The first-order valence-electron chi connectivity index (χ1n) is 7.40. The lowest BCUT2D eigenvalue weighted by atomic mass is 10.0. The van der Waals surface area contributed by atoms with Crippen LogP contribution in [0.15, 0.2) is 48.5 Å². The Hall–Kier alpha value is -2.60. The summed E-state index contributed by atoms with van der Waals surface area (Å²) in [5, 5.41) is 9.30. The summed E-state index contributed by atoms with van der Waals surface area (Å²) < 4.78 is 13.3. The topological polar surface area (TPSA) is 27.0 Å². The molecule has 0 saturated carbocycles. The molecule has 2 rings (SSSR count). The standard InChI is InChI=1S/C19H19FN2/c1-3-22(4-2)19-10-8-15(9-11-19)12-17(14-21)16-6-5-7-18(20)13-16/h5-13H,3-4H2,1-2H3/b17-12-. The van der Waals surface area contributed by atoms with Gasteiger partial charge in [0.15, 0.2) is 0 Å². The zero-order chi connectivity index (χ0) is 15.9. The summed E-state index contributed by atoms with van der Waals surface area (Å²) in [7, 11) is 0. The van der Waals surface area contributed by atoms with E-state index in [4.69, 9.17) is 0 Å². The van der Waals surface area contributed by atoms with Crippen molar-refractivity contribution in [1.29, 1.82) is 5.26 Å². The molecule has 0 N–H and O–H groups in total. The second kappa shape index (κ2) is 7.42. The molecule has 0 heterocycles. The normalized spacial score (nSPS) is 11.1. The van der Waals surface area contributed by atoms with Crippen molar-refractivity contribution < 1.29 is 4.39 Å². The molecule has 0 spiro atoms. The Morgan fingerprint density at radius 1 is 1.14 bits per heavy atom. The Morgan fingerprint density at radius 3 is 2.36 bits per heavy atom. The summed E-state index contributed by atoms with van der Waals surface area (Å²) >= 11 is 0. The molecule has 3 heteroatoms. The molecule has 0 aliphatic heterocycles. The molecule has 22 heavy (non-hydrogen) atoms. The van der Waals surface area contributed by atoms with E-state index in [0.29, 0.717) is 11.1 Å². The third-order valence-electron chi connectivity index (χ3n) is 3.59. The van der Waals surface area contributed by atoms with Crippen LogP contribution in [0, 0.1) is 17.1 Å². The van der Waals surface area contributed by atoms with E-state index in [1.807, 2.05) is 24.3 Å². The first-order chi connectivity index (χ1) is 10.7. The SMILES string of the molecule is CCN(CC)c1ccc(/C=C(/C#N)c2cccc(F)c2)cc1. The van der Waals surface area contributed by atoms with Crippen LogP contribution in [0.1, 0.15) is 25.0 Å². The summed E-state index contributed by atoms with van der Waals surface area (Å²) in [4.78, 5) is 2.26. The smallest absolute Gasteiger partial charge is 0.123 e. The van der Waals surface area contributed by atoms with Gasteiger partial charge in [-0.25, -0.2) is 4.39 Å². The molecule has 0 fully saturated rings. The van der Waals surface area contributed by atoms with Crippen molar-refractivity contribution in [2.75, 3.05) is 18.0 Å². The van der Waals surface area contributed by atoms with E-state index in [1.54, 1.807) is 18.2 Å². The molecule has 0 saturated heterocycles. The number of hydrogen-bond acceptors (Lipinski definition) is 2. The van der Waals surface area contributed by atoms with E-state index in [9.17, 15) is 9.65 Å². The number of benzene rings is 2. The molecule has 0 aromatic heterocycles. The highest BCUT2D eigenvalue weighted by Gasteiger charge is 2.04. The van der Waals surface area contributed by atoms with Crippen molar-refractivity contribution in [3.05, 3.63) is 65.5 Å². The molecule has 0 bridgehead atoms. The summed E-state index contributed by atoms with van der Waals surface area (Å²) in [5.41, 5.74) is 3.13. The van der Waals surface area contributed by atoms with Crippen LogP contribution in [0.4, 0.5) is 10.1 Å². The number of rotatable bonds is 5. The zero-order valence-corrected chi connectivity index (χ0v) is 12.9. The average Bonchev–Trinajstić information content (AvgIpc) is 2.55. The van der Waals surface area contributed by atoms with Gasteiger partial charge in [0.05, 0.1) is 11.6 Å². The fourth-order valence-corrected chi connectivity index (χ4v) is 2.37. The van der Waals surface area contributed by atoms with E-state index in [0.717, 1.165) is 24.3 Å². The summed E-state index contributed by atoms with van der Waals surface area (Å²) in [6.07, 6.45) is 1.78. The molecular weight excluding hydrogens is 275 g/mol. The van der Waals surface area contributed by atoms with Gasteiger partial charge in [0.2, 0.25) is 0 Å². The highest BCUT2D eigenvalue weighted by atomic mass is 19.1. The van der Waals surface area contributed by atoms with Gasteiger partial charge in [-0.2, -0.15) is 5.26 Å². The number of hydrogen-bond donors (Lipinski definition) is 0. The Bertz CT molecular complexity index is 692. The van der Waals surface area contributed by atoms with Gasteiger partial charge >= 0.3 is 0 Å². The maximum Gasteiger partial charge on any atom is 0.123 e. The number of nitriles is 1. The molecule has 0 radical (unpaired) electrons. The Morgan fingerprint density at radius 2 is 1.82 bits per heavy atom. The lowest BCUT2D eigenvalue weighted by molar-refractivity contribution is 0.627. The number of anilines is 1. The maximum atomic E-state index is 13.3. The molecule has 2 nitrogen and oxygen atoms in total. The van der Waals surface area contributed by atoms with Crippen LogP contribution in [0.2, 0.25) is 0 Å². The van der Waals surface area contributed by atoms with Crippen LogP contribution in [0.25, 0.3) is 11.6 Å². The number of halogens is 1. The quantitative estimate of drug-likeness (QED) is 0.588. The monoisotopic (exact) mass is 294 g/mol. The van der Waals surface area contributed by atoms with Gasteiger partial charge in [0.1, 0.15) is 5.82 Å². The summed E-state index contributed by atoms with van der Waals surface area (Å²) in [6.45, 7) is 6.15. The fourth-order valence-electron chi connectivity index (χ4n) is 2.37. The zero-order valence-electron chi connectivity index (χ0n) is 12.9. The highest BCUT2D eigenvalue weighted by molar-refractivity contribution is 5.89. The third-order valence-corrected chi connectivity index (χ3v) is 3.59. The minimum absolute atomic E-state index is 0.337. The average molecular weight is 294 g/mol. The van der Waals surface area contributed by atoms with Crippen molar-refractivity contribution in [3.63, 3.8) is 0 Å². The van der Waals surface area contributed by atoms with Crippen LogP contribution >= 0.6 is 0 Å². The predicted molar refractivity (Wildman–Crippen MR) is 89.9 cm³/mol. The molecule has 2 aromatic carbocycles. The predicted octanol–water partition coefficient (Wildman–Crippen LogP) is 4.74. The van der Waals surface area contributed by atoms with Gasteiger partial charge in [-0.3, -0.25) is 0 Å². The summed E-state index contributed by atoms with van der Waals surface area (Å²) in [5.74, 6) is -0.337. The molecule has 0 amide bonds. The van der Waals surface area contributed by atoms with Crippen molar-refractivity contribution in [3.8, 4) is 6.07 Å². The lowest BCUT2D eigenvalue weighted by Crippen LogP contribution is -2.21. The number of allylic oxidation sites excluding steroid dienone is 1. The minimum Gasteiger partial charge on any atom is -0.372 e. The number of nitrogens with zero attached hydrogens (tertiary/aromatic N) is 2. The van der Waals surface area contributed by atoms with Gasteiger partial charge in [0, 0.05) is 18.8 Å². The van der Waals surface area contributed by atoms with Crippen molar-refractivity contribution in [1.82, 2.24) is 0 Å². The van der Waals surface area contributed by atoms with Crippen LogP contribution in [-0.4, -0.2) is 13.1 Å². The third kappa shape index (κ3) is 3.73. The van der Waals surface area contributed by atoms with Gasteiger partial charge in [-0.1, -0.05) is 24.3 Å². The molecule has 0 atom stereocenters. The van der Waals surface area contributed by atoms with Crippen LogP contribution in [0.5, 0.6) is 0 Å². The van der Waals surface area contributed by atoms with Gasteiger partial charge < -0.3 is 4.90 Å². The second-order valence-corrected chi connectivity index (χ2v) is 4.94. The lowest BCUT2D eigenvalue weighted by Gasteiger charge is -2.20. The first-order valence-corrected chi connectivity index (χ1v) is 7.40. The first kappa shape index (κ1) is 15.8. The van der Waals surface area contributed by atoms with Crippen LogP contribution in [-0.2, 0) is 0 Å². The van der Waals surface area contributed by atoms with E-state index in [1.165, 1.54) is 12.1 Å². The van der Waals surface area contributed by atoms with E-state index < -0.39 is 0 Å². The van der Waals surface area contributed by atoms with Gasteiger partial charge in [-0.15, -0.1) is 0 Å². The van der Waals surface area contributed by atoms with Gasteiger partial charge in [0.25, 0.3) is 0 Å². The maximum absolute atomic E-state index is 13.3. The van der Waals surface area contributed by atoms with E-state index in [2.05, 4.69) is 24.8 Å². The van der Waals surface area contributed by atoms with Crippen molar-refractivity contribution in [2.24, 2.45) is 0 Å². The molecule has 0 unspecified atom stereocenters. The molecule has 2 aromatic rings. The van der Waals surface area contributed by atoms with Crippen LogP contribution in [0.3, 0.4) is 0 Å². The molecule has 112 valence electrons. The van der Waals surface area contributed by atoms with E-state index >= 15 is 0 Å². The molecule has 0 aliphatic carbocycles. The fraction of sp³-hybridized carbons (Fsp3) is 0.211. The van der Waals surface area contributed by atoms with Crippen molar-refractivity contribution >= 4 is 17.3 Å². The van der Waals surface area contributed by atoms with Crippen LogP contribution < -0.4 is 4.90 Å². The minimum atomic E-state index is -0.337. The largest absolute Gasteiger partial charge is 0.372 e. The van der Waals surface area contributed by atoms with E-state index in [-0.39, 0.29) is 5.82 Å². The van der Waals surface area contributed by atoms with Crippen molar-refractivity contribution in [2.45, 2.75) is 13.8 Å². The Balaban J connectivity index is 2.29. The molecular formula is C19H19FN2. The Kier molecular flexibility index (Phi) is 5.32. The van der Waals surface area contributed by atoms with Gasteiger partial charge in [-0.05, 0) is 55.3 Å².